The fourth-order valence-electron chi connectivity index (χ4n) is 1.94. The van der Waals surface area contributed by atoms with Crippen molar-refractivity contribution in [2.45, 2.75) is 46.5 Å². The van der Waals surface area contributed by atoms with Crippen LogP contribution in [-0.2, 0) is 4.79 Å². The number of rotatable bonds is 8. The minimum absolute atomic E-state index is 0.133. The lowest BCUT2D eigenvalue weighted by atomic mass is 10.1. The summed E-state index contributed by atoms with van der Waals surface area (Å²) in [4.78, 5) is 11.6. The van der Waals surface area contributed by atoms with Crippen LogP contribution in [0.3, 0.4) is 0 Å². The topological polar surface area (TPSA) is 41.1 Å². The summed E-state index contributed by atoms with van der Waals surface area (Å²) in [6.07, 6.45) is 3.97. The number of hydrogen-bond acceptors (Lipinski definition) is 2. The fraction of sp³-hybridized carbons (Fsp3) is 0.562. The minimum atomic E-state index is 0.133. The molecule has 1 aromatic carbocycles. The van der Waals surface area contributed by atoms with E-state index >= 15 is 0 Å². The van der Waals surface area contributed by atoms with Crippen LogP contribution in [0.5, 0.6) is 0 Å². The molecule has 0 radical (unpaired) electrons. The molecule has 0 unspecified atom stereocenters. The third-order valence-corrected chi connectivity index (χ3v) is 3.37. The predicted octanol–water partition coefficient (Wildman–Crippen LogP) is 3.41. The van der Waals surface area contributed by atoms with E-state index in [-0.39, 0.29) is 5.91 Å². The first kappa shape index (κ1) is 15.5. The van der Waals surface area contributed by atoms with Gasteiger partial charge < -0.3 is 10.6 Å². The third kappa shape index (κ3) is 5.77. The Morgan fingerprint density at radius 1 is 1.16 bits per heavy atom. The number of hydrogen-bond donors (Lipinski definition) is 2. The summed E-state index contributed by atoms with van der Waals surface area (Å²) < 4.78 is 0. The lowest BCUT2D eigenvalue weighted by Crippen LogP contribution is -2.26. The molecule has 0 aliphatic carbocycles. The van der Waals surface area contributed by atoms with Gasteiger partial charge in [0.05, 0.1) is 0 Å². The van der Waals surface area contributed by atoms with Gasteiger partial charge in [-0.3, -0.25) is 4.79 Å². The molecule has 1 aromatic rings. The summed E-state index contributed by atoms with van der Waals surface area (Å²) in [7, 11) is 0. The van der Waals surface area contributed by atoms with E-state index in [4.69, 9.17) is 0 Å². The SMILES string of the molecule is CCCCCNC(=O)CCNc1cccc(C)c1C. The van der Waals surface area contributed by atoms with Gasteiger partial charge >= 0.3 is 0 Å². The van der Waals surface area contributed by atoms with E-state index in [1.165, 1.54) is 24.0 Å². The van der Waals surface area contributed by atoms with Crippen molar-refractivity contribution in [2.24, 2.45) is 0 Å². The van der Waals surface area contributed by atoms with Crippen LogP contribution in [-0.4, -0.2) is 19.0 Å². The van der Waals surface area contributed by atoms with Gasteiger partial charge in [0.15, 0.2) is 0 Å². The molecule has 0 aromatic heterocycles. The van der Waals surface area contributed by atoms with E-state index in [0.717, 1.165) is 18.7 Å². The molecular formula is C16H26N2O. The molecule has 0 aliphatic rings. The van der Waals surface area contributed by atoms with Gasteiger partial charge in [0.1, 0.15) is 0 Å². The standard InChI is InChI=1S/C16H26N2O/c1-4-5-6-11-18-16(19)10-12-17-15-9-7-8-13(2)14(15)3/h7-9,17H,4-6,10-12H2,1-3H3,(H,18,19). The maximum atomic E-state index is 11.6. The summed E-state index contributed by atoms with van der Waals surface area (Å²) in [5.74, 6) is 0.133. The molecule has 0 heterocycles. The van der Waals surface area contributed by atoms with Crippen LogP contribution in [0.1, 0.15) is 43.7 Å². The van der Waals surface area contributed by atoms with Crippen molar-refractivity contribution in [2.75, 3.05) is 18.4 Å². The highest BCUT2D eigenvalue weighted by Gasteiger charge is 2.02. The Labute approximate surface area is 116 Å². The zero-order valence-electron chi connectivity index (χ0n) is 12.4. The van der Waals surface area contributed by atoms with Gasteiger partial charge in [0, 0.05) is 25.2 Å². The number of unbranched alkanes of at least 4 members (excludes halogenated alkanes) is 2. The molecule has 1 rings (SSSR count). The highest BCUT2D eigenvalue weighted by Crippen LogP contribution is 2.17. The van der Waals surface area contributed by atoms with Crippen LogP contribution < -0.4 is 10.6 Å². The maximum Gasteiger partial charge on any atom is 0.221 e. The lowest BCUT2D eigenvalue weighted by Gasteiger charge is -2.11. The van der Waals surface area contributed by atoms with E-state index in [2.05, 4.69) is 43.5 Å². The van der Waals surface area contributed by atoms with Gasteiger partial charge in [-0.05, 0) is 37.5 Å². The summed E-state index contributed by atoms with van der Waals surface area (Å²) in [6, 6.07) is 6.19. The van der Waals surface area contributed by atoms with Crippen molar-refractivity contribution in [3.63, 3.8) is 0 Å². The number of aryl methyl sites for hydroxylation is 1. The number of carbonyl (C=O) groups is 1. The first-order valence-electron chi connectivity index (χ1n) is 7.22. The second-order valence-corrected chi connectivity index (χ2v) is 4.98. The Morgan fingerprint density at radius 3 is 2.68 bits per heavy atom. The smallest absolute Gasteiger partial charge is 0.221 e. The summed E-state index contributed by atoms with van der Waals surface area (Å²) in [5.41, 5.74) is 3.65. The third-order valence-electron chi connectivity index (χ3n) is 3.37. The predicted molar refractivity (Wildman–Crippen MR) is 81.6 cm³/mol. The molecular weight excluding hydrogens is 236 g/mol. The average Bonchev–Trinajstić information content (AvgIpc) is 2.40. The first-order chi connectivity index (χ1) is 9.15. The van der Waals surface area contributed by atoms with Gasteiger partial charge in [0.2, 0.25) is 5.91 Å². The van der Waals surface area contributed by atoms with Gasteiger partial charge in [0.25, 0.3) is 0 Å². The number of carbonyl (C=O) groups excluding carboxylic acids is 1. The van der Waals surface area contributed by atoms with Gasteiger partial charge in [-0.15, -0.1) is 0 Å². The first-order valence-corrected chi connectivity index (χ1v) is 7.22. The van der Waals surface area contributed by atoms with Crippen LogP contribution in [0.15, 0.2) is 18.2 Å². The van der Waals surface area contributed by atoms with E-state index in [1.807, 2.05) is 6.07 Å². The molecule has 1 amide bonds. The Bertz CT molecular complexity index is 402. The molecule has 0 saturated heterocycles. The largest absolute Gasteiger partial charge is 0.384 e. The molecule has 19 heavy (non-hydrogen) atoms. The maximum absolute atomic E-state index is 11.6. The zero-order valence-corrected chi connectivity index (χ0v) is 12.4. The van der Waals surface area contributed by atoms with E-state index in [1.54, 1.807) is 0 Å². The summed E-state index contributed by atoms with van der Waals surface area (Å²) in [6.45, 7) is 7.85. The number of nitrogens with one attached hydrogen (secondary N) is 2. The second-order valence-electron chi connectivity index (χ2n) is 4.98. The lowest BCUT2D eigenvalue weighted by molar-refractivity contribution is -0.120. The second kappa shape index (κ2) is 8.57. The average molecular weight is 262 g/mol. The van der Waals surface area contributed by atoms with Crippen LogP contribution in [0.2, 0.25) is 0 Å². The molecule has 3 nitrogen and oxygen atoms in total. The zero-order chi connectivity index (χ0) is 14.1. The molecule has 3 heteroatoms. The van der Waals surface area contributed by atoms with Crippen LogP contribution in [0.25, 0.3) is 0 Å². The number of benzene rings is 1. The highest BCUT2D eigenvalue weighted by molar-refractivity contribution is 5.76. The van der Waals surface area contributed by atoms with E-state index < -0.39 is 0 Å². The molecule has 2 N–H and O–H groups in total. The molecule has 0 aliphatic heterocycles. The van der Waals surface area contributed by atoms with Gasteiger partial charge in [-0.2, -0.15) is 0 Å². The monoisotopic (exact) mass is 262 g/mol. The normalized spacial score (nSPS) is 10.3. The van der Waals surface area contributed by atoms with Crippen molar-refractivity contribution in [1.29, 1.82) is 0 Å². The molecule has 0 bridgehead atoms. The number of anilines is 1. The molecule has 0 spiro atoms. The Hall–Kier alpha value is -1.51. The molecule has 106 valence electrons. The van der Waals surface area contributed by atoms with Crippen molar-refractivity contribution in [1.82, 2.24) is 5.32 Å². The molecule has 0 saturated carbocycles. The number of amides is 1. The summed E-state index contributed by atoms with van der Waals surface area (Å²) >= 11 is 0. The van der Waals surface area contributed by atoms with Crippen molar-refractivity contribution < 1.29 is 4.79 Å². The molecule has 0 fully saturated rings. The van der Waals surface area contributed by atoms with Crippen molar-refractivity contribution in [3.8, 4) is 0 Å². The van der Waals surface area contributed by atoms with Crippen molar-refractivity contribution in [3.05, 3.63) is 29.3 Å². The Morgan fingerprint density at radius 2 is 1.95 bits per heavy atom. The van der Waals surface area contributed by atoms with E-state index in [0.29, 0.717) is 13.0 Å². The van der Waals surface area contributed by atoms with Crippen molar-refractivity contribution >= 4 is 11.6 Å². The van der Waals surface area contributed by atoms with Crippen LogP contribution in [0, 0.1) is 13.8 Å². The fourth-order valence-corrected chi connectivity index (χ4v) is 1.94. The molecule has 0 atom stereocenters. The summed E-state index contributed by atoms with van der Waals surface area (Å²) in [5, 5.41) is 6.28. The van der Waals surface area contributed by atoms with E-state index in [9.17, 15) is 4.79 Å². The quantitative estimate of drug-likeness (QED) is 0.705. The highest BCUT2D eigenvalue weighted by atomic mass is 16.1. The van der Waals surface area contributed by atoms with Gasteiger partial charge in [-0.25, -0.2) is 0 Å². The Kier molecular flexibility index (Phi) is 7.01. The van der Waals surface area contributed by atoms with Gasteiger partial charge in [-0.1, -0.05) is 31.9 Å². The van der Waals surface area contributed by atoms with Crippen LogP contribution >= 0.6 is 0 Å². The minimum Gasteiger partial charge on any atom is -0.384 e. The Balaban J connectivity index is 2.23. The van der Waals surface area contributed by atoms with Crippen LogP contribution in [0.4, 0.5) is 5.69 Å².